The molecule has 0 radical (unpaired) electrons. The maximum Gasteiger partial charge on any atom is 0.321 e. The number of nitrogens with one attached hydrogen (secondary N) is 1. The maximum absolute atomic E-state index is 12.6. The number of rotatable bonds is 5. The summed E-state index contributed by atoms with van der Waals surface area (Å²) in [5.41, 5.74) is 2.78. The first kappa shape index (κ1) is 18.3. The quantitative estimate of drug-likeness (QED) is 0.866. The Kier molecular flexibility index (Phi) is 6.12. The third-order valence-electron chi connectivity index (χ3n) is 4.65. The van der Waals surface area contributed by atoms with Gasteiger partial charge in [0.15, 0.2) is 0 Å². The zero-order valence-corrected chi connectivity index (χ0v) is 15.4. The Morgan fingerprint density at radius 2 is 2.00 bits per heavy atom. The normalized spacial score (nSPS) is 16.8. The summed E-state index contributed by atoms with van der Waals surface area (Å²) in [4.78, 5) is 14.3. The lowest BCUT2D eigenvalue weighted by Gasteiger charge is -2.27. The van der Waals surface area contributed by atoms with Gasteiger partial charge in [-0.15, -0.1) is 0 Å². The lowest BCUT2D eigenvalue weighted by molar-refractivity contribution is 0.00463. The predicted octanol–water partition coefficient (Wildman–Crippen LogP) is 4.40. The largest absolute Gasteiger partial charge is 0.495 e. The molecule has 0 bridgehead atoms. The monoisotopic (exact) mass is 354 g/mol. The number of hydrogen-bond acceptors (Lipinski definition) is 3. The summed E-state index contributed by atoms with van der Waals surface area (Å²) < 4.78 is 11.1. The van der Waals surface area contributed by atoms with E-state index in [1.54, 1.807) is 19.1 Å². The van der Waals surface area contributed by atoms with E-state index in [2.05, 4.69) is 5.32 Å². The molecule has 1 atom stereocenters. The van der Waals surface area contributed by atoms with Crippen molar-refractivity contribution in [2.24, 2.45) is 0 Å². The van der Waals surface area contributed by atoms with Crippen LogP contribution in [0.1, 0.15) is 19.3 Å². The third kappa shape index (κ3) is 4.55. The van der Waals surface area contributed by atoms with Crippen molar-refractivity contribution in [3.63, 3.8) is 0 Å². The van der Waals surface area contributed by atoms with Crippen LogP contribution in [0.15, 0.2) is 48.5 Å². The number of amides is 2. The van der Waals surface area contributed by atoms with Gasteiger partial charge >= 0.3 is 6.03 Å². The molecule has 5 heteroatoms. The first-order valence-electron chi connectivity index (χ1n) is 9.04. The van der Waals surface area contributed by atoms with Crippen LogP contribution in [0.5, 0.6) is 5.75 Å². The number of benzene rings is 2. The van der Waals surface area contributed by atoms with Crippen LogP contribution in [0.3, 0.4) is 0 Å². The molecule has 2 aromatic rings. The van der Waals surface area contributed by atoms with Crippen LogP contribution in [0.25, 0.3) is 11.1 Å². The molecule has 1 fully saturated rings. The molecule has 0 aliphatic carbocycles. The van der Waals surface area contributed by atoms with Crippen LogP contribution in [0.2, 0.25) is 0 Å². The highest BCUT2D eigenvalue weighted by Crippen LogP contribution is 2.30. The minimum Gasteiger partial charge on any atom is -0.495 e. The summed E-state index contributed by atoms with van der Waals surface area (Å²) >= 11 is 0. The van der Waals surface area contributed by atoms with Gasteiger partial charge in [0.05, 0.1) is 18.9 Å². The number of nitrogens with zero attached hydrogens (tertiary/aromatic N) is 1. The van der Waals surface area contributed by atoms with Gasteiger partial charge in [-0.1, -0.05) is 36.4 Å². The average Bonchev–Trinajstić information content (AvgIpc) is 2.69. The number of likely N-dealkylation sites (N-methyl/N-ethyl adjacent to an activating group) is 1. The summed E-state index contributed by atoms with van der Waals surface area (Å²) in [7, 11) is 3.40. The Balaban J connectivity index is 1.71. The van der Waals surface area contributed by atoms with E-state index in [0.29, 0.717) is 18.0 Å². The summed E-state index contributed by atoms with van der Waals surface area (Å²) in [5.74, 6) is 0.639. The highest BCUT2D eigenvalue weighted by Gasteiger charge is 2.19. The van der Waals surface area contributed by atoms with E-state index in [4.69, 9.17) is 9.47 Å². The van der Waals surface area contributed by atoms with E-state index in [0.717, 1.165) is 37.0 Å². The van der Waals surface area contributed by atoms with Crippen molar-refractivity contribution in [2.45, 2.75) is 25.4 Å². The van der Waals surface area contributed by atoms with Crippen LogP contribution in [-0.4, -0.2) is 44.3 Å². The highest BCUT2D eigenvalue weighted by atomic mass is 16.5. The molecule has 1 aliphatic heterocycles. The zero-order chi connectivity index (χ0) is 18.4. The smallest absolute Gasteiger partial charge is 0.321 e. The number of methoxy groups -OCH3 is 1. The first-order valence-corrected chi connectivity index (χ1v) is 9.04. The Labute approximate surface area is 154 Å². The van der Waals surface area contributed by atoms with Gasteiger partial charge in [-0.25, -0.2) is 4.79 Å². The molecule has 0 spiro atoms. The molecular formula is C21H26N2O3. The SMILES string of the molecule is COc1ccc(-c2ccccc2)cc1NC(=O)N(C)C[C@H]1CCCCO1. The molecule has 2 amide bonds. The number of anilines is 1. The first-order chi connectivity index (χ1) is 12.7. The molecule has 1 saturated heterocycles. The number of ether oxygens (including phenoxy) is 2. The number of hydrogen-bond donors (Lipinski definition) is 1. The van der Waals surface area contributed by atoms with Crippen molar-refractivity contribution >= 4 is 11.7 Å². The van der Waals surface area contributed by atoms with Crippen molar-refractivity contribution in [3.05, 3.63) is 48.5 Å². The number of carbonyl (C=O) groups excluding carboxylic acids is 1. The molecule has 2 aromatic carbocycles. The molecule has 1 N–H and O–H groups in total. The van der Waals surface area contributed by atoms with E-state index >= 15 is 0 Å². The second-order valence-corrected chi connectivity index (χ2v) is 6.58. The summed E-state index contributed by atoms with van der Waals surface area (Å²) in [6.45, 7) is 1.37. The fraction of sp³-hybridized carbons (Fsp3) is 0.381. The molecule has 0 saturated carbocycles. The zero-order valence-electron chi connectivity index (χ0n) is 15.4. The molecule has 1 aliphatic rings. The summed E-state index contributed by atoms with van der Waals surface area (Å²) in [6, 6.07) is 15.7. The van der Waals surface area contributed by atoms with Gasteiger partial charge in [-0.3, -0.25) is 0 Å². The van der Waals surface area contributed by atoms with Crippen molar-refractivity contribution < 1.29 is 14.3 Å². The number of carbonyl (C=O) groups is 1. The molecule has 138 valence electrons. The topological polar surface area (TPSA) is 50.8 Å². The van der Waals surface area contributed by atoms with Crippen molar-refractivity contribution in [3.8, 4) is 16.9 Å². The molecule has 0 unspecified atom stereocenters. The Bertz CT molecular complexity index is 727. The standard InChI is InChI=1S/C21H26N2O3/c1-23(15-18-10-6-7-13-26-18)21(24)22-19-14-17(11-12-20(19)25-2)16-8-4-3-5-9-16/h3-5,8-9,11-12,14,18H,6-7,10,13,15H2,1-2H3,(H,22,24)/t18-/m1/s1. The minimum absolute atomic E-state index is 0.122. The molecular weight excluding hydrogens is 328 g/mol. The molecule has 1 heterocycles. The molecule has 26 heavy (non-hydrogen) atoms. The van der Waals surface area contributed by atoms with Crippen molar-refractivity contribution in [2.75, 3.05) is 32.6 Å². The molecule has 0 aromatic heterocycles. The van der Waals surface area contributed by atoms with E-state index in [1.807, 2.05) is 48.5 Å². The third-order valence-corrected chi connectivity index (χ3v) is 4.65. The fourth-order valence-corrected chi connectivity index (χ4v) is 3.17. The van der Waals surface area contributed by atoms with Gasteiger partial charge in [-0.05, 0) is 42.5 Å². The highest BCUT2D eigenvalue weighted by molar-refractivity contribution is 5.92. The minimum atomic E-state index is -0.164. The van der Waals surface area contributed by atoms with E-state index < -0.39 is 0 Å². The van der Waals surface area contributed by atoms with Gasteiger partial charge in [0.25, 0.3) is 0 Å². The van der Waals surface area contributed by atoms with E-state index in [-0.39, 0.29) is 12.1 Å². The van der Waals surface area contributed by atoms with Gasteiger partial charge in [0, 0.05) is 20.2 Å². The van der Waals surface area contributed by atoms with Gasteiger partial charge in [0.1, 0.15) is 5.75 Å². The van der Waals surface area contributed by atoms with E-state index in [1.165, 1.54) is 0 Å². The van der Waals surface area contributed by atoms with Crippen molar-refractivity contribution in [1.82, 2.24) is 4.90 Å². The fourth-order valence-electron chi connectivity index (χ4n) is 3.17. The van der Waals surface area contributed by atoms with Crippen molar-refractivity contribution in [1.29, 1.82) is 0 Å². The average molecular weight is 354 g/mol. The molecule has 5 nitrogen and oxygen atoms in total. The number of urea groups is 1. The predicted molar refractivity (Wildman–Crippen MR) is 104 cm³/mol. The summed E-state index contributed by atoms with van der Waals surface area (Å²) in [5, 5.41) is 2.97. The van der Waals surface area contributed by atoms with Gasteiger partial charge in [0.2, 0.25) is 0 Å². The van der Waals surface area contributed by atoms with Crippen LogP contribution in [0.4, 0.5) is 10.5 Å². The Morgan fingerprint density at radius 3 is 2.69 bits per heavy atom. The van der Waals surface area contributed by atoms with Crippen LogP contribution >= 0.6 is 0 Å². The van der Waals surface area contributed by atoms with Gasteiger partial charge < -0.3 is 19.7 Å². The lowest BCUT2D eigenvalue weighted by Crippen LogP contribution is -2.39. The molecule has 3 rings (SSSR count). The van der Waals surface area contributed by atoms with Crippen LogP contribution < -0.4 is 10.1 Å². The maximum atomic E-state index is 12.6. The van der Waals surface area contributed by atoms with E-state index in [9.17, 15) is 4.79 Å². The Morgan fingerprint density at radius 1 is 1.19 bits per heavy atom. The van der Waals surface area contributed by atoms with Gasteiger partial charge in [-0.2, -0.15) is 0 Å². The van der Waals surface area contributed by atoms with Crippen LogP contribution in [0, 0.1) is 0 Å². The lowest BCUT2D eigenvalue weighted by atomic mass is 10.0. The Hall–Kier alpha value is -2.53. The second-order valence-electron chi connectivity index (χ2n) is 6.58. The second kappa shape index (κ2) is 8.72. The van der Waals surface area contributed by atoms with Crippen LogP contribution in [-0.2, 0) is 4.74 Å². The summed E-state index contributed by atoms with van der Waals surface area (Å²) in [6.07, 6.45) is 3.39.